The molecular formula is C20H18N2O5S. The number of methoxy groups -OCH3 is 1. The molecule has 0 unspecified atom stereocenters. The minimum Gasteiger partial charge on any atom is -0.497 e. The SMILES string of the molecule is COc1ccc(C(=O)[C@@H](C)Sc2nnc([C@@H]3COc4ccccc4O3)o2)cc1. The molecule has 8 heteroatoms. The highest BCUT2D eigenvalue weighted by Gasteiger charge is 2.28. The number of Topliss-reactive ketones (excluding diaryl/α,β-unsaturated/α-hetero) is 1. The van der Waals surface area contributed by atoms with Crippen LogP contribution in [-0.4, -0.2) is 34.9 Å². The molecule has 0 radical (unpaired) electrons. The number of nitrogens with zero attached hydrogens (tertiary/aromatic N) is 2. The predicted molar refractivity (Wildman–Crippen MR) is 102 cm³/mol. The monoisotopic (exact) mass is 398 g/mol. The van der Waals surface area contributed by atoms with Crippen LogP contribution in [-0.2, 0) is 0 Å². The van der Waals surface area contributed by atoms with Crippen LogP contribution in [0.25, 0.3) is 0 Å². The summed E-state index contributed by atoms with van der Waals surface area (Å²) in [5.41, 5.74) is 0.598. The Labute approximate surface area is 166 Å². The van der Waals surface area contributed by atoms with Crippen molar-refractivity contribution in [3.8, 4) is 17.2 Å². The van der Waals surface area contributed by atoms with Crippen molar-refractivity contribution < 1.29 is 23.4 Å². The van der Waals surface area contributed by atoms with Crippen LogP contribution in [0.5, 0.6) is 17.2 Å². The Morgan fingerprint density at radius 2 is 1.89 bits per heavy atom. The molecule has 0 bridgehead atoms. The van der Waals surface area contributed by atoms with Crippen molar-refractivity contribution in [1.29, 1.82) is 0 Å². The van der Waals surface area contributed by atoms with Crippen LogP contribution < -0.4 is 14.2 Å². The molecule has 2 aromatic carbocycles. The second-order valence-corrected chi connectivity index (χ2v) is 7.42. The van der Waals surface area contributed by atoms with Crippen LogP contribution in [0, 0.1) is 0 Å². The molecule has 0 saturated heterocycles. The predicted octanol–water partition coefficient (Wildman–Crippen LogP) is 3.95. The zero-order valence-corrected chi connectivity index (χ0v) is 16.1. The van der Waals surface area contributed by atoms with Crippen molar-refractivity contribution in [3.05, 3.63) is 60.0 Å². The molecule has 1 aromatic heterocycles. The highest BCUT2D eigenvalue weighted by atomic mass is 32.2. The summed E-state index contributed by atoms with van der Waals surface area (Å²) in [7, 11) is 1.59. The molecule has 7 nitrogen and oxygen atoms in total. The Balaban J connectivity index is 1.41. The van der Waals surface area contributed by atoms with Gasteiger partial charge in [0.05, 0.1) is 12.4 Å². The third kappa shape index (κ3) is 3.82. The Kier molecular flexibility index (Phi) is 5.21. The fourth-order valence-corrected chi connectivity index (χ4v) is 3.50. The molecule has 1 aliphatic heterocycles. The maximum Gasteiger partial charge on any atom is 0.277 e. The quantitative estimate of drug-likeness (QED) is 0.456. The minimum atomic E-state index is -0.482. The zero-order valence-electron chi connectivity index (χ0n) is 15.3. The van der Waals surface area contributed by atoms with Gasteiger partial charge in [0.15, 0.2) is 17.3 Å². The van der Waals surface area contributed by atoms with Gasteiger partial charge in [-0.3, -0.25) is 4.79 Å². The molecule has 1 aliphatic rings. The number of hydrogen-bond donors (Lipinski definition) is 0. The molecular weight excluding hydrogens is 380 g/mol. The molecule has 0 spiro atoms. The van der Waals surface area contributed by atoms with Crippen LogP contribution in [0.3, 0.4) is 0 Å². The molecule has 144 valence electrons. The average Bonchev–Trinajstić information content (AvgIpc) is 3.21. The molecule has 0 aliphatic carbocycles. The lowest BCUT2D eigenvalue weighted by atomic mass is 10.1. The molecule has 2 heterocycles. The van der Waals surface area contributed by atoms with Crippen molar-refractivity contribution >= 4 is 17.5 Å². The van der Waals surface area contributed by atoms with E-state index in [1.807, 2.05) is 24.3 Å². The van der Waals surface area contributed by atoms with Gasteiger partial charge >= 0.3 is 0 Å². The lowest BCUT2D eigenvalue weighted by Gasteiger charge is -2.23. The van der Waals surface area contributed by atoms with Gasteiger partial charge in [0.25, 0.3) is 11.1 Å². The van der Waals surface area contributed by atoms with Gasteiger partial charge < -0.3 is 18.6 Å². The van der Waals surface area contributed by atoms with E-state index in [0.29, 0.717) is 33.9 Å². The summed E-state index contributed by atoms with van der Waals surface area (Å²) in [6.45, 7) is 2.08. The Morgan fingerprint density at radius 3 is 2.64 bits per heavy atom. The second kappa shape index (κ2) is 7.93. The topological polar surface area (TPSA) is 83.7 Å². The molecule has 4 rings (SSSR count). The fraction of sp³-hybridized carbons (Fsp3) is 0.250. The number of ketones is 1. The zero-order chi connectivity index (χ0) is 19.5. The van der Waals surface area contributed by atoms with Gasteiger partial charge in [-0.05, 0) is 43.3 Å². The van der Waals surface area contributed by atoms with E-state index < -0.39 is 6.10 Å². The fourth-order valence-electron chi connectivity index (χ4n) is 2.73. The van der Waals surface area contributed by atoms with E-state index in [2.05, 4.69) is 10.2 Å². The van der Waals surface area contributed by atoms with Crippen molar-refractivity contribution in [3.63, 3.8) is 0 Å². The molecule has 0 fully saturated rings. The van der Waals surface area contributed by atoms with E-state index in [1.165, 1.54) is 11.8 Å². The summed E-state index contributed by atoms with van der Waals surface area (Å²) in [6, 6.07) is 14.4. The Hall–Kier alpha value is -3.00. The van der Waals surface area contributed by atoms with E-state index in [0.717, 1.165) is 0 Å². The minimum absolute atomic E-state index is 0.0291. The number of ether oxygens (including phenoxy) is 3. The van der Waals surface area contributed by atoms with Gasteiger partial charge in [-0.15, -0.1) is 10.2 Å². The molecule has 2 atom stereocenters. The Bertz CT molecular complexity index is 973. The van der Waals surface area contributed by atoms with Crippen molar-refractivity contribution in [2.45, 2.75) is 23.5 Å². The summed E-state index contributed by atoms with van der Waals surface area (Å²) in [6.07, 6.45) is -0.482. The first-order chi connectivity index (χ1) is 13.6. The lowest BCUT2D eigenvalue weighted by Crippen LogP contribution is -2.21. The summed E-state index contributed by atoms with van der Waals surface area (Å²) in [4.78, 5) is 12.6. The third-order valence-corrected chi connectivity index (χ3v) is 5.16. The lowest BCUT2D eigenvalue weighted by molar-refractivity contribution is 0.0686. The van der Waals surface area contributed by atoms with E-state index in [4.69, 9.17) is 18.6 Å². The number of carbonyl (C=O) groups excluding carboxylic acids is 1. The third-order valence-electron chi connectivity index (χ3n) is 4.23. The van der Waals surface area contributed by atoms with Gasteiger partial charge in [0.1, 0.15) is 12.4 Å². The van der Waals surface area contributed by atoms with Crippen molar-refractivity contribution in [2.24, 2.45) is 0 Å². The number of thioether (sulfide) groups is 1. The molecule has 0 N–H and O–H groups in total. The first kappa shape index (κ1) is 18.4. The summed E-state index contributed by atoms with van der Waals surface area (Å²) >= 11 is 1.21. The summed E-state index contributed by atoms with van der Waals surface area (Å²) < 4.78 is 22.3. The van der Waals surface area contributed by atoms with Gasteiger partial charge in [-0.2, -0.15) is 0 Å². The number of carbonyl (C=O) groups is 1. The Morgan fingerprint density at radius 1 is 1.14 bits per heavy atom. The van der Waals surface area contributed by atoms with Crippen LogP contribution >= 0.6 is 11.8 Å². The number of hydrogen-bond acceptors (Lipinski definition) is 8. The maximum atomic E-state index is 12.6. The largest absolute Gasteiger partial charge is 0.497 e. The van der Waals surface area contributed by atoms with Crippen molar-refractivity contribution in [1.82, 2.24) is 10.2 Å². The van der Waals surface area contributed by atoms with Crippen LogP contribution in [0.4, 0.5) is 0 Å². The van der Waals surface area contributed by atoms with E-state index >= 15 is 0 Å². The maximum absolute atomic E-state index is 12.6. The second-order valence-electron chi connectivity index (χ2n) is 6.12. The van der Waals surface area contributed by atoms with Gasteiger partial charge in [-0.1, -0.05) is 23.9 Å². The number of aromatic nitrogens is 2. The van der Waals surface area contributed by atoms with Crippen LogP contribution in [0.1, 0.15) is 29.3 Å². The van der Waals surface area contributed by atoms with E-state index in [1.54, 1.807) is 38.3 Å². The average molecular weight is 398 g/mol. The molecule has 28 heavy (non-hydrogen) atoms. The highest BCUT2D eigenvalue weighted by molar-refractivity contribution is 8.00. The first-order valence-corrected chi connectivity index (χ1v) is 9.59. The molecule has 3 aromatic rings. The van der Waals surface area contributed by atoms with Crippen LogP contribution in [0.2, 0.25) is 0 Å². The summed E-state index contributed by atoms with van der Waals surface area (Å²) in [5.74, 6) is 2.31. The first-order valence-electron chi connectivity index (χ1n) is 8.71. The van der Waals surface area contributed by atoms with E-state index in [9.17, 15) is 4.79 Å². The van der Waals surface area contributed by atoms with Gasteiger partial charge in [0.2, 0.25) is 6.10 Å². The van der Waals surface area contributed by atoms with Gasteiger partial charge in [-0.25, -0.2) is 0 Å². The summed E-state index contributed by atoms with van der Waals surface area (Å²) in [5, 5.41) is 8.01. The number of fused-ring (bicyclic) bond motifs is 1. The number of rotatable bonds is 6. The smallest absolute Gasteiger partial charge is 0.277 e. The molecule has 0 saturated carbocycles. The van der Waals surface area contributed by atoms with Crippen LogP contribution in [0.15, 0.2) is 58.2 Å². The van der Waals surface area contributed by atoms with Gasteiger partial charge in [0, 0.05) is 5.56 Å². The highest BCUT2D eigenvalue weighted by Crippen LogP contribution is 2.36. The number of benzene rings is 2. The normalized spacial score (nSPS) is 16.4. The standard InChI is InChI=1S/C20H18N2O5S/c1-12(18(23)13-7-9-14(24-2)10-8-13)28-20-22-21-19(27-20)17-11-25-15-5-3-4-6-16(15)26-17/h3-10,12,17H,11H2,1-2H3/t12-,17+/m1/s1. The van der Waals surface area contributed by atoms with Crippen molar-refractivity contribution in [2.75, 3.05) is 13.7 Å². The number of para-hydroxylation sites is 2. The van der Waals surface area contributed by atoms with E-state index in [-0.39, 0.29) is 17.6 Å². The molecule has 0 amide bonds.